The topological polar surface area (TPSA) is 26.0 Å². The summed E-state index contributed by atoms with van der Waals surface area (Å²) in [6.45, 7) is 2.17. The number of benzene rings is 1. The van der Waals surface area contributed by atoms with Crippen LogP contribution in [0.3, 0.4) is 0 Å². The van der Waals surface area contributed by atoms with Gasteiger partial charge in [-0.1, -0.05) is 19.4 Å². The SMILES string of the molecule is CCCc1ccc2ocnc2c1. The Labute approximate surface area is 71.2 Å². The Morgan fingerprint density at radius 1 is 1.42 bits per heavy atom. The first-order valence-electron chi connectivity index (χ1n) is 4.22. The fraction of sp³-hybridized carbons (Fsp3) is 0.300. The molecule has 0 fully saturated rings. The molecular weight excluding hydrogens is 150 g/mol. The standard InChI is InChI=1S/C10H11NO/c1-2-3-8-4-5-10-9(6-8)11-7-12-10/h4-7H,2-3H2,1H3. The summed E-state index contributed by atoms with van der Waals surface area (Å²) in [6, 6.07) is 6.16. The van der Waals surface area contributed by atoms with Crippen molar-refractivity contribution in [3.05, 3.63) is 30.2 Å². The first-order valence-corrected chi connectivity index (χ1v) is 4.22. The minimum Gasteiger partial charge on any atom is -0.443 e. The number of aryl methyl sites for hydroxylation is 1. The van der Waals surface area contributed by atoms with Crippen molar-refractivity contribution >= 4 is 11.1 Å². The van der Waals surface area contributed by atoms with Crippen LogP contribution in [0, 0.1) is 0 Å². The average Bonchev–Trinajstić information content (AvgIpc) is 2.51. The molecule has 62 valence electrons. The molecule has 2 rings (SSSR count). The van der Waals surface area contributed by atoms with Gasteiger partial charge < -0.3 is 4.42 Å². The molecule has 2 nitrogen and oxygen atoms in total. The average molecular weight is 161 g/mol. The van der Waals surface area contributed by atoms with Crippen molar-refractivity contribution in [1.29, 1.82) is 0 Å². The van der Waals surface area contributed by atoms with Crippen LogP contribution in [0.1, 0.15) is 18.9 Å². The zero-order valence-corrected chi connectivity index (χ0v) is 7.08. The van der Waals surface area contributed by atoms with E-state index in [0.717, 1.165) is 17.5 Å². The molecule has 0 amide bonds. The maximum absolute atomic E-state index is 5.14. The maximum Gasteiger partial charge on any atom is 0.181 e. The van der Waals surface area contributed by atoms with Gasteiger partial charge in [0.25, 0.3) is 0 Å². The van der Waals surface area contributed by atoms with Gasteiger partial charge in [-0.3, -0.25) is 0 Å². The Morgan fingerprint density at radius 2 is 2.33 bits per heavy atom. The van der Waals surface area contributed by atoms with Gasteiger partial charge in [0.15, 0.2) is 12.0 Å². The van der Waals surface area contributed by atoms with E-state index in [-0.39, 0.29) is 0 Å². The zero-order valence-electron chi connectivity index (χ0n) is 7.08. The molecule has 0 aliphatic carbocycles. The smallest absolute Gasteiger partial charge is 0.181 e. The third-order valence-corrected chi connectivity index (χ3v) is 1.93. The Kier molecular flexibility index (Phi) is 1.82. The Morgan fingerprint density at radius 3 is 3.17 bits per heavy atom. The lowest BCUT2D eigenvalue weighted by Crippen LogP contribution is -1.81. The molecule has 0 bridgehead atoms. The third kappa shape index (κ3) is 1.20. The minimum absolute atomic E-state index is 0.870. The molecule has 0 aliphatic rings. The van der Waals surface area contributed by atoms with Gasteiger partial charge in [-0.25, -0.2) is 4.98 Å². The molecule has 2 heteroatoms. The maximum atomic E-state index is 5.14. The largest absolute Gasteiger partial charge is 0.443 e. The van der Waals surface area contributed by atoms with Crippen molar-refractivity contribution in [2.75, 3.05) is 0 Å². The molecule has 0 N–H and O–H groups in total. The molecule has 0 saturated heterocycles. The minimum atomic E-state index is 0.870. The molecule has 12 heavy (non-hydrogen) atoms. The second kappa shape index (κ2) is 2.97. The van der Waals surface area contributed by atoms with Gasteiger partial charge in [0.1, 0.15) is 5.52 Å². The van der Waals surface area contributed by atoms with Crippen molar-refractivity contribution in [2.45, 2.75) is 19.8 Å². The molecule has 1 aromatic carbocycles. The Balaban J connectivity index is 2.46. The lowest BCUT2D eigenvalue weighted by molar-refractivity contribution is 0.602. The Hall–Kier alpha value is -1.31. The van der Waals surface area contributed by atoms with Crippen LogP contribution in [0.15, 0.2) is 29.0 Å². The molecule has 0 unspecified atom stereocenters. The highest BCUT2D eigenvalue weighted by atomic mass is 16.3. The van der Waals surface area contributed by atoms with Gasteiger partial charge in [-0.05, 0) is 24.1 Å². The summed E-state index contributed by atoms with van der Waals surface area (Å²) in [4.78, 5) is 4.09. The summed E-state index contributed by atoms with van der Waals surface area (Å²) in [6.07, 6.45) is 3.77. The molecule has 1 heterocycles. The number of nitrogens with zero attached hydrogens (tertiary/aromatic N) is 1. The van der Waals surface area contributed by atoms with Crippen molar-refractivity contribution in [1.82, 2.24) is 4.98 Å². The number of hydrogen-bond acceptors (Lipinski definition) is 2. The highest BCUT2D eigenvalue weighted by Gasteiger charge is 1.98. The van der Waals surface area contributed by atoms with Gasteiger partial charge in [-0.15, -0.1) is 0 Å². The molecule has 0 aliphatic heterocycles. The van der Waals surface area contributed by atoms with Crippen molar-refractivity contribution in [2.24, 2.45) is 0 Å². The van der Waals surface area contributed by atoms with E-state index in [1.807, 2.05) is 6.07 Å². The fourth-order valence-electron chi connectivity index (χ4n) is 1.35. The number of fused-ring (bicyclic) bond motifs is 1. The third-order valence-electron chi connectivity index (χ3n) is 1.93. The van der Waals surface area contributed by atoms with E-state index in [1.54, 1.807) is 0 Å². The van der Waals surface area contributed by atoms with E-state index in [1.165, 1.54) is 18.4 Å². The highest BCUT2D eigenvalue weighted by molar-refractivity contribution is 5.72. The van der Waals surface area contributed by atoms with Gasteiger partial charge in [0.05, 0.1) is 0 Å². The number of oxazole rings is 1. The van der Waals surface area contributed by atoms with E-state index in [2.05, 4.69) is 24.0 Å². The molecular formula is C10H11NO. The monoisotopic (exact) mass is 161 g/mol. The summed E-state index contributed by atoms with van der Waals surface area (Å²) in [5.74, 6) is 0. The van der Waals surface area contributed by atoms with Crippen LogP contribution in [0.4, 0.5) is 0 Å². The number of aromatic nitrogens is 1. The fourth-order valence-corrected chi connectivity index (χ4v) is 1.35. The van der Waals surface area contributed by atoms with Crippen LogP contribution in [0.5, 0.6) is 0 Å². The van der Waals surface area contributed by atoms with Crippen LogP contribution in [0.2, 0.25) is 0 Å². The number of hydrogen-bond donors (Lipinski definition) is 0. The summed E-state index contributed by atoms with van der Waals surface area (Å²) < 4.78 is 5.14. The molecule has 0 spiro atoms. The molecule has 0 atom stereocenters. The quantitative estimate of drug-likeness (QED) is 0.676. The summed E-state index contributed by atoms with van der Waals surface area (Å²) >= 11 is 0. The normalized spacial score (nSPS) is 10.8. The van der Waals surface area contributed by atoms with Gasteiger partial charge in [-0.2, -0.15) is 0 Å². The van der Waals surface area contributed by atoms with E-state index in [0.29, 0.717) is 0 Å². The lowest BCUT2D eigenvalue weighted by atomic mass is 10.1. The Bertz CT molecular complexity index is 378. The second-order valence-corrected chi connectivity index (χ2v) is 2.90. The van der Waals surface area contributed by atoms with Crippen molar-refractivity contribution in [3.63, 3.8) is 0 Å². The van der Waals surface area contributed by atoms with E-state index >= 15 is 0 Å². The van der Waals surface area contributed by atoms with Crippen LogP contribution in [0.25, 0.3) is 11.1 Å². The lowest BCUT2D eigenvalue weighted by Gasteiger charge is -1.95. The summed E-state index contributed by atoms with van der Waals surface area (Å²) in [5, 5.41) is 0. The number of rotatable bonds is 2. The molecule has 1 aromatic heterocycles. The predicted molar refractivity (Wildman–Crippen MR) is 48.0 cm³/mol. The highest BCUT2D eigenvalue weighted by Crippen LogP contribution is 2.14. The van der Waals surface area contributed by atoms with Crippen LogP contribution < -0.4 is 0 Å². The summed E-state index contributed by atoms with van der Waals surface area (Å²) in [7, 11) is 0. The van der Waals surface area contributed by atoms with Gasteiger partial charge in [0.2, 0.25) is 0 Å². The predicted octanol–water partition coefficient (Wildman–Crippen LogP) is 2.78. The zero-order chi connectivity index (χ0) is 8.39. The van der Waals surface area contributed by atoms with Crippen LogP contribution in [-0.4, -0.2) is 4.98 Å². The first-order chi connectivity index (χ1) is 5.90. The molecule has 0 radical (unpaired) electrons. The van der Waals surface area contributed by atoms with Crippen molar-refractivity contribution in [3.8, 4) is 0 Å². The van der Waals surface area contributed by atoms with Crippen molar-refractivity contribution < 1.29 is 4.42 Å². The van der Waals surface area contributed by atoms with E-state index in [4.69, 9.17) is 4.42 Å². The van der Waals surface area contributed by atoms with Gasteiger partial charge in [0, 0.05) is 0 Å². The van der Waals surface area contributed by atoms with Crippen LogP contribution >= 0.6 is 0 Å². The summed E-state index contributed by atoms with van der Waals surface area (Å²) in [5.41, 5.74) is 3.16. The van der Waals surface area contributed by atoms with Crippen LogP contribution in [-0.2, 0) is 6.42 Å². The molecule has 0 saturated carbocycles. The first kappa shape index (κ1) is 7.35. The second-order valence-electron chi connectivity index (χ2n) is 2.90. The van der Waals surface area contributed by atoms with E-state index < -0.39 is 0 Å². The van der Waals surface area contributed by atoms with Gasteiger partial charge >= 0.3 is 0 Å². The van der Waals surface area contributed by atoms with E-state index in [9.17, 15) is 0 Å². The molecule has 2 aromatic rings.